The summed E-state index contributed by atoms with van der Waals surface area (Å²) in [5.41, 5.74) is 1.45. The van der Waals surface area contributed by atoms with E-state index in [0.717, 1.165) is 37.7 Å². The van der Waals surface area contributed by atoms with Crippen molar-refractivity contribution in [2.24, 2.45) is 34.5 Å². The fourth-order valence-electron chi connectivity index (χ4n) is 8.20. The van der Waals surface area contributed by atoms with Crippen molar-refractivity contribution in [2.45, 2.75) is 110 Å². The van der Waals surface area contributed by atoms with Gasteiger partial charge in [0, 0.05) is 17.8 Å². The largest absolute Gasteiger partial charge is 0.393 e. The van der Waals surface area contributed by atoms with E-state index in [1.54, 1.807) is 0 Å². The van der Waals surface area contributed by atoms with Gasteiger partial charge in [-0.3, -0.25) is 0 Å². The topological polar surface area (TPSA) is 80.9 Å². The molecule has 0 amide bonds. The van der Waals surface area contributed by atoms with E-state index >= 15 is 0 Å². The molecule has 4 aliphatic rings. The molecule has 0 unspecified atom stereocenters. The van der Waals surface area contributed by atoms with Crippen LogP contribution in [0.3, 0.4) is 0 Å². The van der Waals surface area contributed by atoms with Gasteiger partial charge in [-0.2, -0.15) is 0 Å². The Labute approximate surface area is 188 Å². The van der Waals surface area contributed by atoms with E-state index in [-0.39, 0.29) is 11.3 Å². The van der Waals surface area contributed by atoms with E-state index in [0.29, 0.717) is 30.6 Å². The van der Waals surface area contributed by atoms with Crippen LogP contribution in [0.4, 0.5) is 0 Å². The molecule has 9 atom stereocenters. The van der Waals surface area contributed by atoms with Crippen LogP contribution in [0.25, 0.3) is 0 Å². The van der Waals surface area contributed by atoms with Crippen molar-refractivity contribution < 1.29 is 20.4 Å². The Kier molecular flexibility index (Phi) is 6.04. The van der Waals surface area contributed by atoms with Crippen molar-refractivity contribution >= 4 is 0 Å². The molecule has 31 heavy (non-hydrogen) atoms. The predicted octanol–water partition coefficient (Wildman–Crippen LogP) is 4.37. The van der Waals surface area contributed by atoms with Crippen molar-refractivity contribution in [3.63, 3.8) is 0 Å². The van der Waals surface area contributed by atoms with Gasteiger partial charge in [-0.05, 0) is 69.1 Å². The zero-order valence-corrected chi connectivity index (χ0v) is 20.1. The smallest absolute Gasteiger partial charge is 0.0662 e. The molecular formula is C27H44O4. The second-order valence-corrected chi connectivity index (χ2v) is 12.4. The maximum Gasteiger partial charge on any atom is 0.0662 e. The lowest BCUT2D eigenvalue weighted by Gasteiger charge is -2.58. The van der Waals surface area contributed by atoms with Gasteiger partial charge < -0.3 is 20.4 Å². The molecule has 3 fully saturated rings. The summed E-state index contributed by atoms with van der Waals surface area (Å²) in [6, 6.07) is 0. The molecule has 4 nitrogen and oxygen atoms in total. The van der Waals surface area contributed by atoms with Crippen LogP contribution < -0.4 is 0 Å². The molecule has 0 bridgehead atoms. The van der Waals surface area contributed by atoms with Gasteiger partial charge in [-0.1, -0.05) is 56.9 Å². The molecule has 4 heteroatoms. The number of hydrogen-bond acceptors (Lipinski definition) is 4. The third kappa shape index (κ3) is 3.86. The minimum Gasteiger partial charge on any atom is -0.393 e. The molecule has 0 aromatic heterocycles. The van der Waals surface area contributed by atoms with Gasteiger partial charge in [0.1, 0.15) is 0 Å². The highest BCUT2D eigenvalue weighted by atomic mass is 16.3. The Morgan fingerprint density at radius 1 is 1.13 bits per heavy atom. The van der Waals surface area contributed by atoms with Crippen molar-refractivity contribution in [3.8, 4) is 0 Å². The van der Waals surface area contributed by atoms with E-state index < -0.39 is 29.3 Å². The first kappa shape index (κ1) is 23.5. The molecule has 0 aromatic carbocycles. The molecule has 176 valence electrons. The van der Waals surface area contributed by atoms with Crippen molar-refractivity contribution in [1.29, 1.82) is 0 Å². The zero-order chi connectivity index (χ0) is 22.8. The van der Waals surface area contributed by atoms with E-state index in [4.69, 9.17) is 0 Å². The number of fused-ring (bicyclic) bond motifs is 5. The van der Waals surface area contributed by atoms with Crippen LogP contribution in [0.5, 0.6) is 0 Å². The number of allylic oxidation sites excluding steroid dienone is 2. The van der Waals surface area contributed by atoms with Gasteiger partial charge in [0.15, 0.2) is 0 Å². The molecule has 0 aromatic rings. The SMILES string of the molecule is C[C@H](CCCC(C)(C)O)[C@H]1CC[C@H]2C3=CC=C4C[C@@H](O)C[C@H](O)[C@]4(C)[C@H]3[C@H](O)C[C@]12C. The third-order valence-electron chi connectivity index (χ3n) is 9.80. The van der Waals surface area contributed by atoms with Crippen molar-refractivity contribution in [1.82, 2.24) is 0 Å². The summed E-state index contributed by atoms with van der Waals surface area (Å²) in [7, 11) is 0. The molecule has 0 radical (unpaired) electrons. The summed E-state index contributed by atoms with van der Waals surface area (Å²) in [5, 5.41) is 42.8. The van der Waals surface area contributed by atoms with Crippen LogP contribution in [-0.2, 0) is 0 Å². The van der Waals surface area contributed by atoms with Gasteiger partial charge in [0.05, 0.1) is 23.9 Å². The van der Waals surface area contributed by atoms with E-state index in [2.05, 4.69) is 32.9 Å². The predicted molar refractivity (Wildman–Crippen MR) is 123 cm³/mol. The number of hydrogen-bond donors (Lipinski definition) is 4. The van der Waals surface area contributed by atoms with E-state index in [9.17, 15) is 20.4 Å². The van der Waals surface area contributed by atoms with Gasteiger partial charge >= 0.3 is 0 Å². The fourth-order valence-corrected chi connectivity index (χ4v) is 8.20. The second kappa shape index (κ2) is 7.97. The Morgan fingerprint density at radius 2 is 1.84 bits per heavy atom. The maximum absolute atomic E-state index is 11.5. The van der Waals surface area contributed by atoms with Gasteiger partial charge in [0.25, 0.3) is 0 Å². The zero-order valence-electron chi connectivity index (χ0n) is 20.1. The standard InChI is InChI=1S/C27H44O4/c1-16(7-6-12-25(2,3)31)20-10-11-21-19-9-8-17-13-18(28)14-23(30)27(17,5)24(19)22(29)15-26(20,21)4/h8-9,16,18,20-24,28-31H,6-7,10-15H2,1-5H3/t16-,18-,20-,21+,22-,23+,24-,26-,27-/m1/s1. The number of aliphatic hydroxyl groups is 4. The summed E-state index contributed by atoms with van der Waals surface area (Å²) in [4.78, 5) is 0. The lowest BCUT2D eigenvalue weighted by Crippen LogP contribution is -2.57. The van der Waals surface area contributed by atoms with Gasteiger partial charge in [0.2, 0.25) is 0 Å². The molecular weight excluding hydrogens is 388 g/mol. The molecule has 4 aliphatic carbocycles. The first-order chi connectivity index (χ1) is 14.4. The third-order valence-corrected chi connectivity index (χ3v) is 9.80. The van der Waals surface area contributed by atoms with E-state index in [1.165, 1.54) is 12.0 Å². The van der Waals surface area contributed by atoms with Gasteiger partial charge in [-0.25, -0.2) is 0 Å². The summed E-state index contributed by atoms with van der Waals surface area (Å²) in [6.45, 7) is 10.6. The molecule has 0 saturated heterocycles. The second-order valence-electron chi connectivity index (χ2n) is 12.4. The Balaban J connectivity index is 1.58. The molecule has 3 saturated carbocycles. The maximum atomic E-state index is 11.5. The number of rotatable bonds is 5. The lowest BCUT2D eigenvalue weighted by atomic mass is 9.48. The van der Waals surface area contributed by atoms with Crippen LogP contribution >= 0.6 is 0 Å². The fraction of sp³-hybridized carbons (Fsp3) is 0.852. The number of aliphatic hydroxyl groups excluding tert-OH is 3. The molecule has 0 heterocycles. The van der Waals surface area contributed by atoms with E-state index in [1.807, 2.05) is 13.8 Å². The summed E-state index contributed by atoms with van der Waals surface area (Å²) in [6.07, 6.45) is 9.93. The quantitative estimate of drug-likeness (QED) is 0.520. The Bertz CT molecular complexity index is 749. The minimum atomic E-state index is -0.617. The van der Waals surface area contributed by atoms with Crippen molar-refractivity contribution in [2.75, 3.05) is 0 Å². The van der Waals surface area contributed by atoms with Crippen LogP contribution in [0.15, 0.2) is 23.3 Å². The highest BCUT2D eigenvalue weighted by molar-refractivity contribution is 5.41. The summed E-state index contributed by atoms with van der Waals surface area (Å²) >= 11 is 0. The average Bonchev–Trinajstić information content (AvgIpc) is 2.98. The molecule has 4 N–H and O–H groups in total. The minimum absolute atomic E-state index is 0.0441. The van der Waals surface area contributed by atoms with Gasteiger partial charge in [-0.15, -0.1) is 0 Å². The molecule has 0 aliphatic heterocycles. The first-order valence-corrected chi connectivity index (χ1v) is 12.6. The molecule has 0 spiro atoms. The highest BCUT2D eigenvalue weighted by Crippen LogP contribution is 2.66. The normalized spacial score (nSPS) is 45.8. The van der Waals surface area contributed by atoms with Crippen LogP contribution in [0.1, 0.15) is 86.0 Å². The lowest BCUT2D eigenvalue weighted by molar-refractivity contribution is -0.0996. The van der Waals surface area contributed by atoms with Crippen molar-refractivity contribution in [3.05, 3.63) is 23.3 Å². The van der Waals surface area contributed by atoms with Crippen LogP contribution in [0.2, 0.25) is 0 Å². The Morgan fingerprint density at radius 3 is 2.52 bits per heavy atom. The van der Waals surface area contributed by atoms with Crippen LogP contribution in [-0.4, -0.2) is 44.3 Å². The highest BCUT2D eigenvalue weighted by Gasteiger charge is 2.61. The Hall–Kier alpha value is -0.680. The first-order valence-electron chi connectivity index (χ1n) is 12.6. The monoisotopic (exact) mass is 432 g/mol. The summed E-state index contributed by atoms with van der Waals surface area (Å²) in [5.74, 6) is 1.56. The molecule has 4 rings (SSSR count). The summed E-state index contributed by atoms with van der Waals surface area (Å²) < 4.78 is 0. The average molecular weight is 433 g/mol. The van der Waals surface area contributed by atoms with Crippen LogP contribution in [0, 0.1) is 34.5 Å².